The topological polar surface area (TPSA) is 45.1 Å². The van der Waals surface area contributed by atoms with Gasteiger partial charge in [-0.3, -0.25) is 9.69 Å². The Morgan fingerprint density at radius 3 is 2.45 bits per heavy atom. The van der Waals surface area contributed by atoms with Crippen molar-refractivity contribution >= 4 is 23.1 Å². The molecule has 33 heavy (non-hydrogen) atoms. The van der Waals surface area contributed by atoms with Crippen molar-refractivity contribution in [3.63, 3.8) is 0 Å². The van der Waals surface area contributed by atoms with Crippen molar-refractivity contribution in [1.29, 1.82) is 0 Å². The molecule has 5 rings (SSSR count). The summed E-state index contributed by atoms with van der Waals surface area (Å²) >= 11 is 0. The van der Waals surface area contributed by atoms with E-state index >= 15 is 0 Å². The monoisotopic (exact) mass is 445 g/mol. The third-order valence-electron chi connectivity index (χ3n) is 7.43. The number of carbonyl (C=O) groups excluding carboxylic acids is 1. The minimum atomic E-state index is -0.851. The van der Waals surface area contributed by atoms with Gasteiger partial charge in [0.1, 0.15) is 0 Å². The molecule has 3 saturated heterocycles. The molecule has 0 N–H and O–H groups in total. The largest absolute Gasteiger partial charge is 0.351 e. The van der Waals surface area contributed by atoms with Crippen molar-refractivity contribution in [2.45, 2.75) is 71.1 Å². The lowest BCUT2D eigenvalue weighted by Gasteiger charge is -2.48. The van der Waals surface area contributed by atoms with Crippen LogP contribution in [0.25, 0.3) is 0 Å². The lowest BCUT2D eigenvalue weighted by Crippen LogP contribution is -2.65. The van der Waals surface area contributed by atoms with Gasteiger partial charge in [-0.05, 0) is 57.4 Å². The molecule has 2 aromatic carbocycles. The number of ether oxygens (including phenoxy) is 1. The predicted octanol–water partition coefficient (Wildman–Crippen LogP) is 5.77. The summed E-state index contributed by atoms with van der Waals surface area (Å²) in [7, 11) is 0. The van der Waals surface area contributed by atoms with E-state index in [9.17, 15) is 4.79 Å². The zero-order valence-electron chi connectivity index (χ0n) is 20.1. The second kappa shape index (κ2) is 8.94. The maximum atomic E-state index is 13.9. The molecule has 1 amide bonds. The third kappa shape index (κ3) is 3.97. The van der Waals surface area contributed by atoms with Crippen molar-refractivity contribution in [2.24, 2.45) is 10.9 Å². The highest BCUT2D eigenvalue weighted by Crippen LogP contribution is 2.46. The molecule has 0 aliphatic carbocycles. The van der Waals surface area contributed by atoms with Gasteiger partial charge >= 0.3 is 0 Å². The van der Waals surface area contributed by atoms with Crippen LogP contribution < -0.4 is 4.90 Å². The second-order valence-electron chi connectivity index (χ2n) is 9.91. The summed E-state index contributed by atoms with van der Waals surface area (Å²) in [5, 5.41) is 0. The van der Waals surface area contributed by atoms with Crippen LogP contribution in [0, 0.1) is 19.8 Å². The number of amidine groups is 1. The third-order valence-corrected chi connectivity index (χ3v) is 7.43. The van der Waals surface area contributed by atoms with Gasteiger partial charge in [-0.1, -0.05) is 55.2 Å². The zero-order valence-corrected chi connectivity index (χ0v) is 20.1. The first-order valence-corrected chi connectivity index (χ1v) is 12.5. The van der Waals surface area contributed by atoms with Crippen LogP contribution in [0.4, 0.5) is 11.4 Å². The molecule has 5 heteroatoms. The molecule has 0 radical (unpaired) electrons. The minimum Gasteiger partial charge on any atom is -0.351 e. The molecule has 3 atom stereocenters. The molecule has 3 aliphatic heterocycles. The number of carbonyl (C=O) groups is 1. The summed E-state index contributed by atoms with van der Waals surface area (Å²) in [5.41, 5.74) is 3.36. The molecule has 0 bridgehead atoms. The Bertz CT molecular complexity index is 1030. The van der Waals surface area contributed by atoms with E-state index in [0.717, 1.165) is 55.9 Å². The predicted molar refractivity (Wildman–Crippen MR) is 133 cm³/mol. The molecule has 0 saturated carbocycles. The first-order chi connectivity index (χ1) is 16.0. The lowest BCUT2D eigenvalue weighted by atomic mass is 9.94. The maximum absolute atomic E-state index is 13.9. The fraction of sp³-hybridized carbons (Fsp3) is 0.500. The van der Waals surface area contributed by atoms with Crippen LogP contribution >= 0.6 is 0 Å². The second-order valence-corrected chi connectivity index (χ2v) is 9.91. The van der Waals surface area contributed by atoms with Gasteiger partial charge in [-0.25, -0.2) is 4.99 Å². The number of unbranched alkanes of at least 4 members (excludes halogenated alkanes) is 1. The Hall–Kier alpha value is -2.66. The van der Waals surface area contributed by atoms with Crippen LogP contribution in [0.5, 0.6) is 0 Å². The molecule has 3 aliphatic rings. The summed E-state index contributed by atoms with van der Waals surface area (Å²) in [6, 6.07) is 16.9. The van der Waals surface area contributed by atoms with Gasteiger partial charge in [0.2, 0.25) is 11.6 Å². The number of fused-ring (bicyclic) bond motifs is 1. The van der Waals surface area contributed by atoms with E-state index in [1.807, 2.05) is 4.90 Å². The van der Waals surface area contributed by atoms with Gasteiger partial charge in [0.05, 0.1) is 18.3 Å². The molecular formula is C28H35N3O2. The number of morpholine rings is 1. The minimum absolute atomic E-state index is 0.0476. The van der Waals surface area contributed by atoms with E-state index in [-0.39, 0.29) is 11.8 Å². The molecule has 3 fully saturated rings. The Labute approximate surface area is 197 Å². The van der Waals surface area contributed by atoms with E-state index in [1.165, 1.54) is 11.1 Å². The molecule has 174 valence electrons. The van der Waals surface area contributed by atoms with Crippen molar-refractivity contribution in [3.8, 4) is 0 Å². The molecule has 5 nitrogen and oxygen atoms in total. The van der Waals surface area contributed by atoms with Crippen LogP contribution in [-0.4, -0.2) is 41.6 Å². The van der Waals surface area contributed by atoms with Gasteiger partial charge in [0, 0.05) is 24.6 Å². The fourth-order valence-electron chi connectivity index (χ4n) is 5.60. The smallest absolute Gasteiger partial charge is 0.232 e. The van der Waals surface area contributed by atoms with Crippen molar-refractivity contribution < 1.29 is 9.53 Å². The van der Waals surface area contributed by atoms with Gasteiger partial charge in [0.25, 0.3) is 0 Å². The number of hydrogen-bond donors (Lipinski definition) is 0. The van der Waals surface area contributed by atoms with E-state index in [0.29, 0.717) is 19.1 Å². The van der Waals surface area contributed by atoms with Gasteiger partial charge in [-0.2, -0.15) is 0 Å². The number of hydrogen-bond acceptors (Lipinski definition) is 3. The molecular weight excluding hydrogens is 410 g/mol. The number of rotatable bonds is 5. The van der Waals surface area contributed by atoms with Gasteiger partial charge in [-0.15, -0.1) is 0 Å². The molecule has 3 heterocycles. The Morgan fingerprint density at radius 1 is 1.06 bits per heavy atom. The molecule has 2 unspecified atom stereocenters. The standard InChI is InChI=1S/C28H35N3O2/c1-4-5-7-22-18-28(31(26(22)32)24-15-11-21(3)12-16-24)27(29-23-13-9-20(2)10-14-23)30-17-6-8-25(30)19-33-28/h9-16,22,25H,4-8,17-19H2,1-3H3/t22?,25-,28?/m0/s1. The van der Waals surface area contributed by atoms with Crippen LogP contribution in [0.2, 0.25) is 0 Å². The highest BCUT2D eigenvalue weighted by Gasteiger charge is 2.60. The van der Waals surface area contributed by atoms with Crippen molar-refractivity contribution in [2.75, 3.05) is 18.1 Å². The number of aryl methyl sites for hydroxylation is 2. The summed E-state index contributed by atoms with van der Waals surface area (Å²) in [5.74, 6) is 1.03. The lowest BCUT2D eigenvalue weighted by molar-refractivity contribution is -0.121. The summed E-state index contributed by atoms with van der Waals surface area (Å²) in [4.78, 5) is 23.5. The fourth-order valence-corrected chi connectivity index (χ4v) is 5.60. The number of aliphatic imine (C=N–C) groups is 1. The Kier molecular flexibility index (Phi) is 6.00. The molecule has 1 spiro atoms. The van der Waals surface area contributed by atoms with Crippen LogP contribution in [0.1, 0.15) is 56.6 Å². The summed E-state index contributed by atoms with van der Waals surface area (Å²) < 4.78 is 6.76. The highest BCUT2D eigenvalue weighted by atomic mass is 16.5. The SMILES string of the molecule is CCCCC1CC2(OC[C@@H]3CCCN3C2=Nc2ccc(C)cc2)N(c2ccc(C)cc2)C1=O. The zero-order chi connectivity index (χ0) is 23.0. The summed E-state index contributed by atoms with van der Waals surface area (Å²) in [6.45, 7) is 7.96. The Balaban J connectivity index is 1.64. The van der Waals surface area contributed by atoms with E-state index in [4.69, 9.17) is 9.73 Å². The first kappa shape index (κ1) is 22.1. The average molecular weight is 446 g/mol. The quantitative estimate of drug-likeness (QED) is 0.587. The maximum Gasteiger partial charge on any atom is 0.232 e. The Morgan fingerprint density at radius 2 is 1.76 bits per heavy atom. The van der Waals surface area contributed by atoms with Crippen molar-refractivity contribution in [1.82, 2.24) is 4.90 Å². The summed E-state index contributed by atoms with van der Waals surface area (Å²) in [6.07, 6.45) is 5.93. The van der Waals surface area contributed by atoms with Gasteiger partial charge < -0.3 is 9.64 Å². The highest BCUT2D eigenvalue weighted by molar-refractivity contribution is 6.09. The number of nitrogens with zero attached hydrogens (tertiary/aromatic N) is 3. The number of amides is 1. The number of anilines is 1. The van der Waals surface area contributed by atoms with E-state index in [1.54, 1.807) is 0 Å². The normalized spacial score (nSPS) is 28.2. The molecule has 0 aromatic heterocycles. The van der Waals surface area contributed by atoms with Crippen LogP contribution in [-0.2, 0) is 9.53 Å². The van der Waals surface area contributed by atoms with E-state index < -0.39 is 5.72 Å². The van der Waals surface area contributed by atoms with Gasteiger partial charge in [0.15, 0.2) is 5.84 Å². The first-order valence-electron chi connectivity index (χ1n) is 12.5. The average Bonchev–Trinajstić information content (AvgIpc) is 3.40. The van der Waals surface area contributed by atoms with E-state index in [2.05, 4.69) is 74.2 Å². The van der Waals surface area contributed by atoms with Crippen molar-refractivity contribution in [3.05, 3.63) is 59.7 Å². The van der Waals surface area contributed by atoms with Crippen LogP contribution in [0.15, 0.2) is 53.5 Å². The number of benzene rings is 2. The molecule has 2 aromatic rings. The van der Waals surface area contributed by atoms with Crippen LogP contribution in [0.3, 0.4) is 0 Å².